The number of aromatic nitrogens is 2. The van der Waals surface area contributed by atoms with Crippen LogP contribution in [-0.2, 0) is 12.8 Å². The first-order valence-corrected chi connectivity index (χ1v) is 7.42. The van der Waals surface area contributed by atoms with Crippen LogP contribution in [0.25, 0.3) is 0 Å². The third-order valence-corrected chi connectivity index (χ3v) is 3.11. The van der Waals surface area contributed by atoms with Crippen molar-refractivity contribution in [3.8, 4) is 0 Å². The van der Waals surface area contributed by atoms with Crippen molar-refractivity contribution in [2.45, 2.75) is 33.6 Å². The van der Waals surface area contributed by atoms with Gasteiger partial charge < -0.3 is 5.32 Å². The summed E-state index contributed by atoms with van der Waals surface area (Å²) in [4.78, 5) is 9.05. The van der Waals surface area contributed by atoms with E-state index in [1.165, 1.54) is 6.07 Å². The van der Waals surface area contributed by atoms with E-state index in [-0.39, 0.29) is 5.82 Å². The quantitative estimate of drug-likeness (QED) is 0.877. The maximum Gasteiger partial charge on any atom is 0.135 e. The van der Waals surface area contributed by atoms with Crippen molar-refractivity contribution in [2.75, 3.05) is 11.9 Å². The monoisotopic (exact) mass is 287 g/mol. The maximum absolute atomic E-state index is 13.8. The van der Waals surface area contributed by atoms with Gasteiger partial charge in [0, 0.05) is 24.7 Å². The molecule has 0 bridgehead atoms. The lowest BCUT2D eigenvalue weighted by atomic mass is 10.1. The van der Waals surface area contributed by atoms with Crippen molar-refractivity contribution < 1.29 is 4.39 Å². The van der Waals surface area contributed by atoms with E-state index in [0.717, 1.165) is 24.5 Å². The van der Waals surface area contributed by atoms with Gasteiger partial charge in [-0.15, -0.1) is 0 Å². The lowest BCUT2D eigenvalue weighted by molar-refractivity contribution is 0.609. The summed E-state index contributed by atoms with van der Waals surface area (Å²) in [6.07, 6.45) is 1.31. The summed E-state index contributed by atoms with van der Waals surface area (Å²) in [5, 5.41) is 3.22. The molecule has 4 heteroatoms. The van der Waals surface area contributed by atoms with Crippen molar-refractivity contribution >= 4 is 5.82 Å². The van der Waals surface area contributed by atoms with Gasteiger partial charge in [0.15, 0.2) is 0 Å². The first-order chi connectivity index (χ1) is 10.1. The predicted octanol–water partition coefficient (Wildman–Crippen LogP) is 3.84. The molecule has 1 N–H and O–H groups in total. The Hall–Kier alpha value is -1.97. The number of hydrogen-bond donors (Lipinski definition) is 1. The number of nitrogens with zero attached hydrogens (tertiary/aromatic N) is 2. The van der Waals surface area contributed by atoms with Crippen LogP contribution < -0.4 is 5.32 Å². The van der Waals surface area contributed by atoms with E-state index >= 15 is 0 Å². The van der Waals surface area contributed by atoms with Gasteiger partial charge in [-0.25, -0.2) is 14.4 Å². The molecule has 0 spiro atoms. The molecular weight excluding hydrogens is 265 g/mol. The zero-order valence-electron chi connectivity index (χ0n) is 12.9. The minimum Gasteiger partial charge on any atom is -0.370 e. The standard InChI is InChI=1S/C17H22FN3/c1-4-19-16-11-14(9-12(2)3)20-17(21-16)10-13-7-5-6-8-15(13)18/h5-8,11-12H,4,9-10H2,1-3H3,(H,19,20,21). The van der Waals surface area contributed by atoms with Gasteiger partial charge in [0.05, 0.1) is 0 Å². The van der Waals surface area contributed by atoms with Crippen LogP contribution in [0.15, 0.2) is 30.3 Å². The molecule has 0 saturated heterocycles. The van der Waals surface area contributed by atoms with E-state index in [4.69, 9.17) is 0 Å². The number of hydrogen-bond acceptors (Lipinski definition) is 3. The van der Waals surface area contributed by atoms with Crippen LogP contribution in [0.5, 0.6) is 0 Å². The number of anilines is 1. The van der Waals surface area contributed by atoms with Gasteiger partial charge in [-0.3, -0.25) is 0 Å². The molecule has 1 aromatic heterocycles. The highest BCUT2D eigenvalue weighted by Gasteiger charge is 2.09. The normalized spacial score (nSPS) is 10.9. The first kappa shape index (κ1) is 15.4. The molecule has 0 unspecified atom stereocenters. The molecule has 0 aliphatic rings. The van der Waals surface area contributed by atoms with Crippen molar-refractivity contribution in [1.82, 2.24) is 9.97 Å². The highest BCUT2D eigenvalue weighted by atomic mass is 19.1. The van der Waals surface area contributed by atoms with E-state index in [2.05, 4.69) is 29.1 Å². The molecule has 2 rings (SSSR count). The van der Waals surface area contributed by atoms with E-state index in [1.54, 1.807) is 12.1 Å². The molecule has 1 heterocycles. The molecule has 21 heavy (non-hydrogen) atoms. The van der Waals surface area contributed by atoms with Crippen molar-refractivity contribution in [2.24, 2.45) is 5.92 Å². The molecule has 2 aromatic rings. The fraction of sp³-hybridized carbons (Fsp3) is 0.412. The number of nitrogens with one attached hydrogen (secondary N) is 1. The third kappa shape index (κ3) is 4.52. The molecule has 0 aliphatic carbocycles. The van der Waals surface area contributed by atoms with Crippen LogP contribution in [0.3, 0.4) is 0 Å². The largest absolute Gasteiger partial charge is 0.370 e. The SMILES string of the molecule is CCNc1cc(CC(C)C)nc(Cc2ccccc2F)n1. The third-order valence-electron chi connectivity index (χ3n) is 3.11. The Balaban J connectivity index is 2.29. The van der Waals surface area contributed by atoms with Crippen LogP contribution in [0.2, 0.25) is 0 Å². The molecule has 112 valence electrons. The highest BCUT2D eigenvalue weighted by molar-refractivity contribution is 5.37. The molecule has 0 saturated carbocycles. The molecule has 0 amide bonds. The second-order valence-corrected chi connectivity index (χ2v) is 5.56. The van der Waals surface area contributed by atoms with Gasteiger partial charge in [0.25, 0.3) is 0 Å². The Labute approximate surface area is 125 Å². The van der Waals surface area contributed by atoms with Gasteiger partial charge in [-0.2, -0.15) is 0 Å². The summed E-state index contributed by atoms with van der Waals surface area (Å²) in [7, 11) is 0. The Morgan fingerprint density at radius 3 is 2.62 bits per heavy atom. The lowest BCUT2D eigenvalue weighted by Gasteiger charge is -2.11. The lowest BCUT2D eigenvalue weighted by Crippen LogP contribution is -2.08. The number of rotatable bonds is 6. The van der Waals surface area contributed by atoms with Crippen LogP contribution in [0, 0.1) is 11.7 Å². The van der Waals surface area contributed by atoms with Gasteiger partial charge >= 0.3 is 0 Å². The van der Waals surface area contributed by atoms with E-state index < -0.39 is 0 Å². The van der Waals surface area contributed by atoms with Crippen LogP contribution in [0.1, 0.15) is 37.9 Å². The van der Waals surface area contributed by atoms with Gasteiger partial charge in [-0.05, 0) is 30.9 Å². The van der Waals surface area contributed by atoms with Crippen molar-refractivity contribution in [3.05, 3.63) is 53.2 Å². The first-order valence-electron chi connectivity index (χ1n) is 7.42. The van der Waals surface area contributed by atoms with Crippen LogP contribution >= 0.6 is 0 Å². The van der Waals surface area contributed by atoms with E-state index in [1.807, 2.05) is 19.1 Å². The minimum absolute atomic E-state index is 0.208. The fourth-order valence-corrected chi connectivity index (χ4v) is 2.24. The summed E-state index contributed by atoms with van der Waals surface area (Å²) < 4.78 is 13.8. The molecule has 3 nitrogen and oxygen atoms in total. The maximum atomic E-state index is 13.8. The van der Waals surface area contributed by atoms with E-state index in [0.29, 0.717) is 23.7 Å². The molecule has 1 aromatic carbocycles. The zero-order chi connectivity index (χ0) is 15.2. The fourth-order valence-electron chi connectivity index (χ4n) is 2.24. The summed E-state index contributed by atoms with van der Waals surface area (Å²) in [6, 6.07) is 8.76. The Kier molecular flexibility index (Phi) is 5.26. The summed E-state index contributed by atoms with van der Waals surface area (Å²) in [5.41, 5.74) is 1.63. The van der Waals surface area contributed by atoms with Gasteiger partial charge in [0.2, 0.25) is 0 Å². The second kappa shape index (κ2) is 7.16. The van der Waals surface area contributed by atoms with Crippen LogP contribution in [-0.4, -0.2) is 16.5 Å². The summed E-state index contributed by atoms with van der Waals surface area (Å²) in [6.45, 7) is 7.15. The van der Waals surface area contributed by atoms with Crippen LogP contribution in [0.4, 0.5) is 10.2 Å². The molecule has 0 atom stereocenters. The second-order valence-electron chi connectivity index (χ2n) is 5.56. The molecule has 0 fully saturated rings. The minimum atomic E-state index is -0.208. The van der Waals surface area contributed by atoms with Crippen molar-refractivity contribution in [1.29, 1.82) is 0 Å². The predicted molar refractivity (Wildman–Crippen MR) is 83.9 cm³/mol. The summed E-state index contributed by atoms with van der Waals surface area (Å²) >= 11 is 0. The molecular formula is C17H22FN3. The zero-order valence-corrected chi connectivity index (χ0v) is 12.9. The Morgan fingerprint density at radius 1 is 1.19 bits per heavy atom. The number of benzene rings is 1. The smallest absolute Gasteiger partial charge is 0.135 e. The van der Waals surface area contributed by atoms with E-state index in [9.17, 15) is 4.39 Å². The van der Waals surface area contributed by atoms with Gasteiger partial charge in [-0.1, -0.05) is 32.0 Å². The number of halogens is 1. The highest BCUT2D eigenvalue weighted by Crippen LogP contribution is 2.15. The average molecular weight is 287 g/mol. The topological polar surface area (TPSA) is 37.8 Å². The Morgan fingerprint density at radius 2 is 1.95 bits per heavy atom. The molecule has 0 aliphatic heterocycles. The van der Waals surface area contributed by atoms with Gasteiger partial charge in [0.1, 0.15) is 17.5 Å². The van der Waals surface area contributed by atoms with Crippen molar-refractivity contribution in [3.63, 3.8) is 0 Å². The Bertz CT molecular complexity index is 596. The molecule has 0 radical (unpaired) electrons. The average Bonchev–Trinajstić information content (AvgIpc) is 2.41. The summed E-state index contributed by atoms with van der Waals surface area (Å²) in [5.74, 6) is 1.79.